The lowest BCUT2D eigenvalue weighted by Gasteiger charge is -2.12. The molecule has 0 N–H and O–H groups in total. The largest absolute Gasteiger partial charge is 0.270 e. The summed E-state index contributed by atoms with van der Waals surface area (Å²) in [6, 6.07) is 18.4. The Balaban J connectivity index is 1.72. The van der Waals surface area contributed by atoms with Crippen LogP contribution in [0.1, 0.15) is 19.2 Å². The molecule has 5 aromatic rings. The molecule has 0 aliphatic heterocycles. The quantitative estimate of drug-likeness (QED) is 0.451. The normalized spacial score (nSPS) is 16.7. The molecule has 0 saturated carbocycles. The molecule has 0 fully saturated rings. The molecule has 0 amide bonds. The second kappa shape index (κ2) is 6.10. The van der Waals surface area contributed by atoms with Crippen molar-refractivity contribution in [1.29, 1.82) is 0 Å². The lowest BCUT2D eigenvalue weighted by molar-refractivity contribution is 0.738. The van der Waals surface area contributed by atoms with Gasteiger partial charge in [0.15, 0.2) is 11.6 Å². The van der Waals surface area contributed by atoms with Crippen LogP contribution in [0.2, 0.25) is 0 Å². The molecule has 0 spiro atoms. The molecule has 6 nitrogen and oxygen atoms in total. The molecule has 140 valence electrons. The second-order valence-electron chi connectivity index (χ2n) is 7.45. The maximum absolute atomic E-state index is 4.54. The highest BCUT2D eigenvalue weighted by atomic mass is 15.3. The zero-order valence-corrected chi connectivity index (χ0v) is 15.9. The van der Waals surface area contributed by atoms with Gasteiger partial charge in [-0.1, -0.05) is 67.6 Å². The van der Waals surface area contributed by atoms with Gasteiger partial charge in [0.1, 0.15) is 0 Å². The van der Waals surface area contributed by atoms with Crippen molar-refractivity contribution >= 4 is 27.9 Å². The van der Waals surface area contributed by atoms with Gasteiger partial charge in [0.2, 0.25) is 11.3 Å². The van der Waals surface area contributed by atoms with E-state index >= 15 is 0 Å². The Morgan fingerprint density at radius 1 is 0.759 bits per heavy atom. The van der Waals surface area contributed by atoms with Gasteiger partial charge in [0.05, 0.1) is 11.0 Å². The van der Waals surface area contributed by atoms with Crippen LogP contribution in [0.4, 0.5) is 0 Å². The number of nitrogens with zero attached hydrogens (tertiary/aromatic N) is 6. The van der Waals surface area contributed by atoms with Gasteiger partial charge in [0.25, 0.3) is 0 Å². The van der Waals surface area contributed by atoms with E-state index in [0.717, 1.165) is 40.2 Å². The van der Waals surface area contributed by atoms with Gasteiger partial charge < -0.3 is 0 Å². The van der Waals surface area contributed by atoms with Crippen molar-refractivity contribution in [3.8, 4) is 11.4 Å². The minimum absolute atomic E-state index is 0.548. The summed E-state index contributed by atoms with van der Waals surface area (Å²) in [5.41, 5.74) is 5.57. The van der Waals surface area contributed by atoms with E-state index in [9.17, 15) is 0 Å². The third-order valence-corrected chi connectivity index (χ3v) is 5.49. The van der Waals surface area contributed by atoms with Crippen molar-refractivity contribution in [2.24, 2.45) is 5.92 Å². The van der Waals surface area contributed by atoms with Crippen molar-refractivity contribution in [1.82, 2.24) is 29.2 Å². The highest BCUT2D eigenvalue weighted by Crippen LogP contribution is 2.30. The van der Waals surface area contributed by atoms with Crippen molar-refractivity contribution in [2.75, 3.05) is 0 Å². The van der Waals surface area contributed by atoms with Crippen molar-refractivity contribution in [3.05, 3.63) is 78.6 Å². The fourth-order valence-electron chi connectivity index (χ4n) is 4.01. The highest BCUT2D eigenvalue weighted by molar-refractivity contribution is 5.89. The average Bonchev–Trinajstić information content (AvgIpc) is 3.40. The van der Waals surface area contributed by atoms with Gasteiger partial charge in [-0.2, -0.15) is 0 Å². The summed E-state index contributed by atoms with van der Waals surface area (Å²) < 4.78 is 4.17. The summed E-state index contributed by atoms with van der Waals surface area (Å²) in [5, 5.41) is 18.0. The molecule has 6 rings (SSSR count). The van der Waals surface area contributed by atoms with E-state index in [4.69, 9.17) is 0 Å². The van der Waals surface area contributed by atoms with E-state index in [-0.39, 0.29) is 0 Å². The van der Waals surface area contributed by atoms with Gasteiger partial charge in [-0.15, -0.1) is 20.4 Å². The Bertz CT molecular complexity index is 1440. The Labute approximate surface area is 166 Å². The van der Waals surface area contributed by atoms with Crippen LogP contribution < -0.4 is 0 Å². The lowest BCUT2D eigenvalue weighted by Crippen LogP contribution is -2.02. The van der Waals surface area contributed by atoms with E-state index in [2.05, 4.69) is 66.5 Å². The van der Waals surface area contributed by atoms with Crippen LogP contribution in [-0.2, 0) is 0 Å². The van der Waals surface area contributed by atoms with Crippen molar-refractivity contribution < 1.29 is 0 Å². The fourth-order valence-corrected chi connectivity index (χ4v) is 4.01. The maximum Gasteiger partial charge on any atom is 0.207 e. The molecular formula is C23H18N6. The number of benzene rings is 2. The first-order valence-corrected chi connectivity index (χ1v) is 9.76. The maximum atomic E-state index is 4.54. The van der Waals surface area contributed by atoms with Crippen LogP contribution in [0.3, 0.4) is 0 Å². The average molecular weight is 378 g/mol. The topological polar surface area (TPSA) is 60.4 Å². The van der Waals surface area contributed by atoms with E-state index in [0.29, 0.717) is 17.2 Å². The Kier molecular flexibility index (Phi) is 3.41. The summed E-state index contributed by atoms with van der Waals surface area (Å²) in [5.74, 6) is 2.19. The number of aromatic nitrogens is 6. The van der Waals surface area contributed by atoms with E-state index in [1.807, 2.05) is 42.5 Å². The third kappa shape index (κ3) is 2.35. The Hall–Kier alpha value is -3.80. The molecule has 0 radical (unpaired) electrons. The van der Waals surface area contributed by atoms with E-state index in [1.165, 1.54) is 0 Å². The van der Waals surface area contributed by atoms with E-state index < -0.39 is 0 Å². The first-order valence-electron chi connectivity index (χ1n) is 9.76. The summed E-state index contributed by atoms with van der Waals surface area (Å²) in [7, 11) is 0. The van der Waals surface area contributed by atoms with Crippen LogP contribution in [0.25, 0.3) is 39.3 Å². The minimum Gasteiger partial charge on any atom is -0.270 e. The van der Waals surface area contributed by atoms with Gasteiger partial charge in [0, 0.05) is 11.1 Å². The summed E-state index contributed by atoms with van der Waals surface area (Å²) >= 11 is 0. The van der Waals surface area contributed by atoms with Crippen LogP contribution in [0, 0.1) is 5.92 Å². The third-order valence-electron chi connectivity index (χ3n) is 5.49. The lowest BCUT2D eigenvalue weighted by atomic mass is 9.98. The van der Waals surface area contributed by atoms with E-state index in [1.54, 1.807) is 0 Å². The SMILES string of the molecule is CC1C=CC(c2nnc3c4nnc(-c5ccccc5)n4c4ccccc4n23)=CC1. The van der Waals surface area contributed by atoms with Crippen LogP contribution in [-0.4, -0.2) is 29.2 Å². The Morgan fingerprint density at radius 3 is 2.03 bits per heavy atom. The molecule has 1 aliphatic carbocycles. The zero-order chi connectivity index (χ0) is 19.4. The van der Waals surface area contributed by atoms with Crippen molar-refractivity contribution in [3.63, 3.8) is 0 Å². The molecule has 1 aliphatic rings. The molecule has 1 atom stereocenters. The first kappa shape index (κ1) is 16.2. The fraction of sp³-hybridized carbons (Fsp3) is 0.130. The molecule has 2 aromatic carbocycles. The molecule has 1 unspecified atom stereocenters. The molecule has 0 bridgehead atoms. The van der Waals surface area contributed by atoms with Crippen molar-refractivity contribution in [2.45, 2.75) is 13.3 Å². The second-order valence-corrected chi connectivity index (χ2v) is 7.45. The van der Waals surface area contributed by atoms with Gasteiger partial charge in [-0.05, 0) is 24.5 Å². The molecule has 6 heteroatoms. The predicted octanol–water partition coefficient (Wildman–Crippen LogP) is 4.57. The molecule has 3 aromatic heterocycles. The monoisotopic (exact) mass is 378 g/mol. The minimum atomic E-state index is 0.548. The highest BCUT2D eigenvalue weighted by Gasteiger charge is 2.21. The number of allylic oxidation sites excluding steroid dienone is 4. The number of rotatable bonds is 2. The predicted molar refractivity (Wildman–Crippen MR) is 113 cm³/mol. The molecule has 0 saturated heterocycles. The van der Waals surface area contributed by atoms with Crippen LogP contribution in [0.5, 0.6) is 0 Å². The number of para-hydroxylation sites is 2. The molecule has 3 heterocycles. The van der Waals surface area contributed by atoms with Crippen LogP contribution in [0.15, 0.2) is 72.8 Å². The summed E-state index contributed by atoms with van der Waals surface area (Å²) in [6.07, 6.45) is 7.60. The van der Waals surface area contributed by atoms with Crippen LogP contribution >= 0.6 is 0 Å². The summed E-state index contributed by atoms with van der Waals surface area (Å²) in [6.45, 7) is 2.21. The standard InChI is InChI=1S/C23H18N6/c1-15-11-13-17(14-12-15)21-25-27-23-22-26-24-20(16-7-3-2-4-8-16)28(22)18-9-5-6-10-19(18)29(21)23/h2-11,13-15H,12H2,1H3. The number of fused-ring (bicyclic) bond motifs is 6. The number of hydrogen-bond donors (Lipinski definition) is 0. The molecule has 29 heavy (non-hydrogen) atoms. The zero-order valence-electron chi connectivity index (χ0n) is 15.9. The molecular weight excluding hydrogens is 360 g/mol. The van der Waals surface area contributed by atoms with Gasteiger partial charge in [-0.25, -0.2) is 0 Å². The Morgan fingerprint density at radius 2 is 1.38 bits per heavy atom. The van der Waals surface area contributed by atoms with Gasteiger partial charge in [-0.3, -0.25) is 8.80 Å². The van der Waals surface area contributed by atoms with Gasteiger partial charge >= 0.3 is 0 Å². The smallest absolute Gasteiger partial charge is 0.207 e. The summed E-state index contributed by atoms with van der Waals surface area (Å²) in [4.78, 5) is 0. The number of hydrogen-bond acceptors (Lipinski definition) is 4. The first-order chi connectivity index (χ1) is 14.3.